The third-order valence-electron chi connectivity index (χ3n) is 3.32. The SMILES string of the molecule is O=C(O)CNC(=O)c1ccc(NCCC(=O)c2ccccc2)cc1. The van der Waals surface area contributed by atoms with Crippen LogP contribution in [0.2, 0.25) is 0 Å². The summed E-state index contributed by atoms with van der Waals surface area (Å²) in [6.07, 6.45) is 0.366. The fraction of sp³-hybridized carbons (Fsp3) is 0.167. The second-order valence-electron chi connectivity index (χ2n) is 5.12. The van der Waals surface area contributed by atoms with Crippen molar-refractivity contribution < 1.29 is 19.5 Å². The van der Waals surface area contributed by atoms with Gasteiger partial charge in [0.2, 0.25) is 0 Å². The lowest BCUT2D eigenvalue weighted by Crippen LogP contribution is -2.29. The lowest BCUT2D eigenvalue weighted by atomic mass is 10.1. The Bertz CT molecular complexity index is 712. The number of rotatable bonds is 8. The minimum atomic E-state index is -1.09. The van der Waals surface area contributed by atoms with Gasteiger partial charge in [-0.1, -0.05) is 30.3 Å². The summed E-state index contributed by atoms with van der Waals surface area (Å²) in [5.41, 5.74) is 1.84. The van der Waals surface area contributed by atoms with E-state index in [2.05, 4.69) is 10.6 Å². The number of carbonyl (C=O) groups excluding carboxylic acids is 2. The third-order valence-corrected chi connectivity index (χ3v) is 3.32. The molecule has 0 aliphatic rings. The van der Waals surface area contributed by atoms with E-state index in [0.717, 1.165) is 5.69 Å². The molecule has 6 heteroatoms. The first-order chi connectivity index (χ1) is 11.6. The Morgan fingerprint density at radius 3 is 2.17 bits per heavy atom. The van der Waals surface area contributed by atoms with E-state index in [1.54, 1.807) is 36.4 Å². The maximum Gasteiger partial charge on any atom is 0.322 e. The van der Waals surface area contributed by atoms with Gasteiger partial charge in [-0.25, -0.2) is 0 Å². The summed E-state index contributed by atoms with van der Waals surface area (Å²) in [5.74, 6) is -1.47. The Morgan fingerprint density at radius 2 is 1.54 bits per heavy atom. The van der Waals surface area contributed by atoms with Crippen LogP contribution in [0.15, 0.2) is 54.6 Å². The summed E-state index contributed by atoms with van der Waals surface area (Å²) < 4.78 is 0. The lowest BCUT2D eigenvalue weighted by Gasteiger charge is -2.07. The Labute approximate surface area is 139 Å². The standard InChI is InChI=1S/C18H18N2O4/c21-16(13-4-2-1-3-5-13)10-11-19-15-8-6-14(7-9-15)18(24)20-12-17(22)23/h1-9,19H,10-12H2,(H,20,24)(H,22,23). The number of hydrogen-bond donors (Lipinski definition) is 3. The molecule has 0 aliphatic heterocycles. The smallest absolute Gasteiger partial charge is 0.322 e. The first-order valence-corrected chi connectivity index (χ1v) is 7.48. The van der Waals surface area contributed by atoms with Crippen LogP contribution in [0.25, 0.3) is 0 Å². The van der Waals surface area contributed by atoms with Crippen molar-refractivity contribution in [2.24, 2.45) is 0 Å². The van der Waals surface area contributed by atoms with Crippen LogP contribution in [0.1, 0.15) is 27.1 Å². The average molecular weight is 326 g/mol. The maximum atomic E-state index is 12.0. The molecule has 6 nitrogen and oxygen atoms in total. The summed E-state index contributed by atoms with van der Waals surface area (Å²) >= 11 is 0. The van der Waals surface area contributed by atoms with E-state index in [9.17, 15) is 14.4 Å². The minimum Gasteiger partial charge on any atom is -0.480 e. The van der Waals surface area contributed by atoms with Crippen LogP contribution < -0.4 is 10.6 Å². The molecule has 3 N–H and O–H groups in total. The van der Waals surface area contributed by atoms with Crippen LogP contribution in [-0.4, -0.2) is 35.9 Å². The Balaban J connectivity index is 1.80. The predicted octanol–water partition coefficient (Wildman–Crippen LogP) is 2.19. The zero-order valence-corrected chi connectivity index (χ0v) is 13.0. The number of amides is 1. The number of carboxylic acid groups (broad SMARTS) is 1. The normalized spacial score (nSPS) is 10.0. The summed E-state index contributed by atoms with van der Waals surface area (Å²) in [6.45, 7) is 0.0682. The number of carboxylic acids is 1. The number of hydrogen-bond acceptors (Lipinski definition) is 4. The van der Waals surface area contributed by atoms with Gasteiger partial charge in [0.25, 0.3) is 5.91 Å². The van der Waals surface area contributed by atoms with Gasteiger partial charge in [-0.15, -0.1) is 0 Å². The molecule has 0 atom stereocenters. The fourth-order valence-corrected chi connectivity index (χ4v) is 2.09. The Morgan fingerprint density at radius 1 is 0.875 bits per heavy atom. The molecule has 2 rings (SSSR count). The highest BCUT2D eigenvalue weighted by Crippen LogP contribution is 2.10. The first kappa shape index (κ1) is 17.2. The van der Waals surface area contributed by atoms with E-state index in [4.69, 9.17) is 5.11 Å². The molecule has 1 amide bonds. The van der Waals surface area contributed by atoms with Gasteiger partial charge in [0.1, 0.15) is 6.54 Å². The topological polar surface area (TPSA) is 95.5 Å². The molecule has 24 heavy (non-hydrogen) atoms. The van der Waals surface area contributed by atoms with E-state index in [-0.39, 0.29) is 5.78 Å². The van der Waals surface area contributed by atoms with Crippen LogP contribution in [0.5, 0.6) is 0 Å². The molecule has 0 aromatic heterocycles. The molecule has 0 fully saturated rings. The van der Waals surface area contributed by atoms with Crippen molar-refractivity contribution in [2.45, 2.75) is 6.42 Å². The quantitative estimate of drug-likeness (QED) is 0.646. The van der Waals surface area contributed by atoms with Gasteiger partial charge in [0, 0.05) is 29.8 Å². The van der Waals surface area contributed by atoms with Crippen LogP contribution in [0.4, 0.5) is 5.69 Å². The molecule has 0 radical (unpaired) electrons. The Hall–Kier alpha value is -3.15. The number of nitrogens with one attached hydrogen (secondary N) is 2. The van der Waals surface area contributed by atoms with E-state index < -0.39 is 18.4 Å². The van der Waals surface area contributed by atoms with Crippen LogP contribution in [-0.2, 0) is 4.79 Å². The summed E-state index contributed by atoms with van der Waals surface area (Å²) in [4.78, 5) is 34.1. The highest BCUT2D eigenvalue weighted by molar-refractivity contribution is 5.96. The largest absolute Gasteiger partial charge is 0.480 e. The van der Waals surface area contributed by atoms with Gasteiger partial charge in [-0.2, -0.15) is 0 Å². The van der Waals surface area contributed by atoms with Gasteiger partial charge in [0.05, 0.1) is 0 Å². The Kier molecular flexibility index (Phi) is 6.08. The first-order valence-electron chi connectivity index (χ1n) is 7.48. The van der Waals surface area contributed by atoms with Gasteiger partial charge in [-0.3, -0.25) is 14.4 Å². The van der Waals surface area contributed by atoms with Gasteiger partial charge in [0.15, 0.2) is 5.78 Å². The van der Waals surface area contributed by atoms with Gasteiger partial charge >= 0.3 is 5.97 Å². The summed E-state index contributed by atoms with van der Waals surface area (Å²) in [5, 5.41) is 13.9. The molecular formula is C18H18N2O4. The highest BCUT2D eigenvalue weighted by Gasteiger charge is 2.07. The number of anilines is 1. The van der Waals surface area contributed by atoms with Gasteiger partial charge < -0.3 is 15.7 Å². The number of ketones is 1. The van der Waals surface area contributed by atoms with E-state index in [1.165, 1.54) is 0 Å². The molecule has 0 saturated heterocycles. The van der Waals surface area contributed by atoms with Crippen molar-refractivity contribution in [1.82, 2.24) is 5.32 Å². The van der Waals surface area contributed by atoms with Crippen LogP contribution >= 0.6 is 0 Å². The molecule has 124 valence electrons. The monoisotopic (exact) mass is 326 g/mol. The second kappa shape index (κ2) is 8.47. The summed E-state index contributed by atoms with van der Waals surface area (Å²) in [7, 11) is 0. The van der Waals surface area contributed by atoms with Crippen LogP contribution in [0.3, 0.4) is 0 Å². The van der Waals surface area contributed by atoms with E-state index >= 15 is 0 Å². The van der Waals surface area contributed by atoms with Crippen molar-refractivity contribution in [2.75, 3.05) is 18.4 Å². The van der Waals surface area contributed by atoms with Crippen molar-refractivity contribution >= 4 is 23.3 Å². The second-order valence-corrected chi connectivity index (χ2v) is 5.12. The van der Waals surface area contributed by atoms with Gasteiger partial charge in [-0.05, 0) is 24.3 Å². The molecule has 0 heterocycles. The lowest BCUT2D eigenvalue weighted by molar-refractivity contribution is -0.135. The molecule has 0 saturated carbocycles. The van der Waals surface area contributed by atoms with E-state index in [1.807, 2.05) is 18.2 Å². The number of Topliss-reactive ketones (excluding diaryl/α,β-unsaturated/α-hetero) is 1. The van der Waals surface area contributed by atoms with Crippen LogP contribution in [0, 0.1) is 0 Å². The number of carbonyl (C=O) groups is 3. The van der Waals surface area contributed by atoms with E-state index in [0.29, 0.717) is 24.1 Å². The minimum absolute atomic E-state index is 0.0627. The fourth-order valence-electron chi connectivity index (χ4n) is 2.09. The highest BCUT2D eigenvalue weighted by atomic mass is 16.4. The zero-order chi connectivity index (χ0) is 17.4. The van der Waals surface area contributed by atoms with Crippen molar-refractivity contribution in [1.29, 1.82) is 0 Å². The van der Waals surface area contributed by atoms with Crippen molar-refractivity contribution in [3.63, 3.8) is 0 Å². The average Bonchev–Trinajstić information content (AvgIpc) is 2.61. The molecule has 0 unspecified atom stereocenters. The maximum absolute atomic E-state index is 12.0. The molecule has 2 aromatic rings. The third kappa shape index (κ3) is 5.24. The van der Waals surface area contributed by atoms with Crippen molar-refractivity contribution in [3.05, 3.63) is 65.7 Å². The molecule has 0 aliphatic carbocycles. The predicted molar refractivity (Wildman–Crippen MR) is 90.3 cm³/mol. The molecule has 0 bridgehead atoms. The molecular weight excluding hydrogens is 308 g/mol. The van der Waals surface area contributed by atoms with Crippen molar-refractivity contribution in [3.8, 4) is 0 Å². The molecule has 2 aromatic carbocycles. The number of aliphatic carboxylic acids is 1. The number of benzene rings is 2. The molecule has 0 spiro atoms. The summed E-state index contributed by atoms with van der Waals surface area (Å²) in [6, 6.07) is 15.7. The zero-order valence-electron chi connectivity index (χ0n) is 13.0.